The summed E-state index contributed by atoms with van der Waals surface area (Å²) in [5.41, 5.74) is 4.47. The Morgan fingerprint density at radius 1 is 1.08 bits per heavy atom. The van der Waals surface area contributed by atoms with Gasteiger partial charge in [-0.05, 0) is 48.6 Å². The van der Waals surface area contributed by atoms with Crippen LogP contribution in [0, 0.1) is 5.92 Å². The van der Waals surface area contributed by atoms with Crippen molar-refractivity contribution < 1.29 is 19.3 Å². The highest BCUT2D eigenvalue weighted by molar-refractivity contribution is 5.87. The van der Waals surface area contributed by atoms with Gasteiger partial charge >= 0.3 is 0 Å². The lowest BCUT2D eigenvalue weighted by atomic mass is 10.0. The molecule has 0 bridgehead atoms. The number of aryl methyl sites for hydroxylation is 1. The van der Waals surface area contributed by atoms with Crippen molar-refractivity contribution in [2.45, 2.75) is 49.8 Å². The molecule has 37 heavy (non-hydrogen) atoms. The second kappa shape index (κ2) is 9.13. The highest BCUT2D eigenvalue weighted by atomic mass is 16.7. The second-order valence-electron chi connectivity index (χ2n) is 10.2. The summed E-state index contributed by atoms with van der Waals surface area (Å²) in [5, 5.41) is 16.0. The van der Waals surface area contributed by atoms with E-state index in [0.717, 1.165) is 47.4 Å². The monoisotopic (exact) mass is 498 g/mol. The molecule has 1 aliphatic heterocycles. The third kappa shape index (κ3) is 3.87. The van der Waals surface area contributed by atoms with Gasteiger partial charge in [0.25, 0.3) is 0 Å². The van der Waals surface area contributed by atoms with E-state index >= 15 is 0 Å². The van der Waals surface area contributed by atoms with Gasteiger partial charge in [-0.3, -0.25) is 0 Å². The van der Waals surface area contributed by atoms with E-state index in [9.17, 15) is 5.11 Å². The molecular formula is C29H30N4O4. The molecule has 8 nitrogen and oxygen atoms in total. The summed E-state index contributed by atoms with van der Waals surface area (Å²) in [6.45, 7) is 0.539. The zero-order valence-electron chi connectivity index (χ0n) is 20.7. The van der Waals surface area contributed by atoms with Crippen molar-refractivity contribution in [1.29, 1.82) is 0 Å². The van der Waals surface area contributed by atoms with Crippen LogP contribution in [0.1, 0.15) is 47.9 Å². The Morgan fingerprint density at radius 2 is 1.95 bits per heavy atom. The molecule has 3 heterocycles. The fourth-order valence-corrected chi connectivity index (χ4v) is 6.27. The molecule has 4 aromatic rings. The quantitative estimate of drug-likeness (QED) is 0.416. The molecule has 1 saturated carbocycles. The van der Waals surface area contributed by atoms with Gasteiger partial charge in [-0.15, -0.1) is 0 Å². The van der Waals surface area contributed by atoms with E-state index in [-0.39, 0.29) is 24.1 Å². The van der Waals surface area contributed by atoms with Crippen molar-refractivity contribution >= 4 is 16.9 Å². The smallest absolute Gasteiger partial charge is 0.184 e. The average molecular weight is 499 g/mol. The van der Waals surface area contributed by atoms with E-state index in [0.29, 0.717) is 6.61 Å². The molecular weight excluding hydrogens is 468 g/mol. The average Bonchev–Trinajstić information content (AvgIpc) is 3.65. The lowest BCUT2D eigenvalue weighted by molar-refractivity contribution is -0.249. The number of aromatic nitrogens is 3. The first kappa shape index (κ1) is 22.7. The summed E-state index contributed by atoms with van der Waals surface area (Å²) >= 11 is 0. The fraction of sp³-hybridized carbons (Fsp3) is 0.379. The number of fused-ring (bicyclic) bond motifs is 3. The number of hydrogen-bond donors (Lipinski definition) is 2. The number of nitrogens with zero attached hydrogens (tertiary/aromatic N) is 3. The van der Waals surface area contributed by atoms with E-state index in [1.165, 1.54) is 11.1 Å². The summed E-state index contributed by atoms with van der Waals surface area (Å²) in [6, 6.07) is 18.4. The number of nitrogens with one attached hydrogen (secondary N) is 1. The van der Waals surface area contributed by atoms with Gasteiger partial charge in [0.1, 0.15) is 29.6 Å². The minimum Gasteiger partial charge on any atom is -0.497 e. The van der Waals surface area contributed by atoms with Crippen LogP contribution in [0.4, 0.5) is 5.82 Å². The van der Waals surface area contributed by atoms with Gasteiger partial charge in [-0.1, -0.05) is 36.4 Å². The lowest BCUT2D eigenvalue weighted by Gasteiger charge is -2.34. The molecule has 2 fully saturated rings. The lowest BCUT2D eigenvalue weighted by Crippen LogP contribution is -2.39. The van der Waals surface area contributed by atoms with E-state index in [1.54, 1.807) is 13.4 Å². The van der Waals surface area contributed by atoms with Crippen LogP contribution in [0.15, 0.2) is 67.1 Å². The SMILES string of the molecule is COc1ccc([C@H]2OC[C@H]3C[C@H](n4ccc5c(N[C@H]6CCc7ccccc76)ncnc54)[C@@H](O)[C@H]3O2)cc1. The molecule has 190 valence electrons. The topological polar surface area (TPSA) is 90.7 Å². The van der Waals surface area contributed by atoms with Crippen molar-refractivity contribution in [3.8, 4) is 5.75 Å². The number of ether oxygens (including phenoxy) is 3. The summed E-state index contributed by atoms with van der Waals surface area (Å²) in [5.74, 6) is 1.72. The predicted molar refractivity (Wildman–Crippen MR) is 138 cm³/mol. The van der Waals surface area contributed by atoms with E-state index in [1.807, 2.05) is 36.5 Å². The minimum atomic E-state index is -0.668. The van der Waals surface area contributed by atoms with E-state index < -0.39 is 12.4 Å². The van der Waals surface area contributed by atoms with E-state index in [2.05, 4.69) is 44.1 Å². The van der Waals surface area contributed by atoms with Gasteiger partial charge < -0.3 is 29.2 Å². The Balaban J connectivity index is 1.12. The molecule has 2 aromatic heterocycles. The highest BCUT2D eigenvalue weighted by Gasteiger charge is 2.48. The van der Waals surface area contributed by atoms with Crippen molar-refractivity contribution in [3.05, 3.63) is 83.8 Å². The van der Waals surface area contributed by atoms with Gasteiger partial charge in [0.2, 0.25) is 0 Å². The van der Waals surface area contributed by atoms with Crippen LogP contribution in [0.3, 0.4) is 0 Å². The van der Waals surface area contributed by atoms with Crippen LogP contribution in [0.5, 0.6) is 5.75 Å². The van der Waals surface area contributed by atoms with Crippen LogP contribution in [-0.2, 0) is 15.9 Å². The number of anilines is 1. The Bertz CT molecular complexity index is 1420. The molecule has 0 unspecified atom stereocenters. The minimum absolute atomic E-state index is 0.112. The molecule has 0 amide bonds. The summed E-state index contributed by atoms with van der Waals surface area (Å²) in [4.78, 5) is 9.19. The zero-order chi connectivity index (χ0) is 24.9. The molecule has 2 N–H and O–H groups in total. The van der Waals surface area contributed by atoms with Crippen molar-refractivity contribution in [1.82, 2.24) is 14.5 Å². The van der Waals surface area contributed by atoms with Crippen LogP contribution >= 0.6 is 0 Å². The molecule has 3 aliphatic rings. The number of benzene rings is 2. The zero-order valence-corrected chi connectivity index (χ0v) is 20.7. The standard InChI is InChI=1S/C29H30N4O4/c1-35-20-9-6-18(7-10-20)29-36-15-19-14-24(25(34)26(19)37-29)33-13-12-22-27(30-16-31-28(22)33)32-23-11-8-17-4-2-3-5-21(17)23/h2-7,9-10,12-13,16,19,23-26,29,34H,8,11,14-15H2,1H3,(H,30,31,32)/t19-,23+,24+,25-,26+,29+/m1/s1. The fourth-order valence-electron chi connectivity index (χ4n) is 6.27. The van der Waals surface area contributed by atoms with Crippen molar-refractivity contribution in [3.63, 3.8) is 0 Å². The molecule has 0 radical (unpaired) electrons. The number of methoxy groups -OCH3 is 1. The van der Waals surface area contributed by atoms with Gasteiger partial charge in [-0.25, -0.2) is 9.97 Å². The Labute approximate surface area is 215 Å². The Kier molecular flexibility index (Phi) is 5.61. The summed E-state index contributed by atoms with van der Waals surface area (Å²) < 4.78 is 19.7. The highest BCUT2D eigenvalue weighted by Crippen LogP contribution is 2.45. The third-order valence-corrected chi connectivity index (χ3v) is 8.18. The molecule has 2 aliphatic carbocycles. The number of aliphatic hydroxyl groups is 1. The first-order valence-corrected chi connectivity index (χ1v) is 12.9. The number of hydrogen-bond acceptors (Lipinski definition) is 7. The van der Waals surface area contributed by atoms with Crippen molar-refractivity contribution in [2.24, 2.45) is 5.92 Å². The Hall–Kier alpha value is -3.46. The first-order valence-electron chi connectivity index (χ1n) is 12.9. The molecule has 7 rings (SSSR count). The van der Waals surface area contributed by atoms with Crippen molar-refractivity contribution in [2.75, 3.05) is 19.0 Å². The molecule has 0 spiro atoms. The third-order valence-electron chi connectivity index (χ3n) is 8.18. The molecule has 1 saturated heterocycles. The Morgan fingerprint density at radius 3 is 2.81 bits per heavy atom. The molecule has 6 atom stereocenters. The van der Waals surface area contributed by atoms with Gasteiger partial charge in [-0.2, -0.15) is 0 Å². The number of rotatable bonds is 5. The summed E-state index contributed by atoms with van der Waals surface area (Å²) in [6.07, 6.45) is 5.01. The van der Waals surface area contributed by atoms with Crippen LogP contribution in [-0.4, -0.2) is 45.6 Å². The first-order chi connectivity index (χ1) is 18.2. The maximum absolute atomic E-state index is 11.4. The maximum atomic E-state index is 11.4. The van der Waals surface area contributed by atoms with Gasteiger partial charge in [0, 0.05) is 17.7 Å². The maximum Gasteiger partial charge on any atom is 0.184 e. The van der Waals surface area contributed by atoms with E-state index in [4.69, 9.17) is 14.2 Å². The van der Waals surface area contributed by atoms with Gasteiger partial charge in [0.15, 0.2) is 6.29 Å². The largest absolute Gasteiger partial charge is 0.497 e. The molecule has 8 heteroatoms. The second-order valence-corrected chi connectivity index (χ2v) is 10.2. The van der Waals surface area contributed by atoms with Crippen LogP contribution < -0.4 is 10.1 Å². The number of aliphatic hydroxyl groups excluding tert-OH is 1. The predicted octanol–water partition coefficient (Wildman–Crippen LogP) is 4.58. The van der Waals surface area contributed by atoms with Gasteiger partial charge in [0.05, 0.1) is 37.3 Å². The van der Waals surface area contributed by atoms with Crippen LogP contribution in [0.25, 0.3) is 11.0 Å². The molecule has 2 aromatic carbocycles. The summed E-state index contributed by atoms with van der Waals surface area (Å²) in [7, 11) is 1.64. The normalized spacial score (nSPS) is 28.7. The van der Waals surface area contributed by atoms with Crippen LogP contribution in [0.2, 0.25) is 0 Å².